The van der Waals surface area contributed by atoms with Gasteiger partial charge in [-0.05, 0) is 69.0 Å². The van der Waals surface area contributed by atoms with Gasteiger partial charge in [0.2, 0.25) is 0 Å². The van der Waals surface area contributed by atoms with Crippen molar-refractivity contribution in [2.24, 2.45) is 10.4 Å². The van der Waals surface area contributed by atoms with E-state index in [1.807, 2.05) is 18.4 Å². The Morgan fingerprint density at radius 3 is 2.70 bits per heavy atom. The van der Waals surface area contributed by atoms with Gasteiger partial charge in [0.05, 0.1) is 6.04 Å². The third-order valence-corrected chi connectivity index (χ3v) is 6.68. The molecular formula is C20H35IN4OS. The second-order valence-corrected chi connectivity index (χ2v) is 8.51. The molecule has 2 N–H and O–H groups in total. The van der Waals surface area contributed by atoms with Crippen LogP contribution in [0.25, 0.3) is 0 Å². The Kier molecular flexibility index (Phi) is 9.82. The average molecular weight is 506 g/mol. The molecule has 5 nitrogen and oxygen atoms in total. The van der Waals surface area contributed by atoms with Crippen molar-refractivity contribution in [2.45, 2.75) is 45.1 Å². The summed E-state index contributed by atoms with van der Waals surface area (Å²) in [7, 11) is 1.87. The number of aliphatic imine (C=N–C) groups is 1. The maximum atomic E-state index is 5.54. The molecule has 1 saturated carbocycles. The van der Waals surface area contributed by atoms with E-state index in [9.17, 15) is 0 Å². The number of hydrogen-bond donors (Lipinski definition) is 2. The zero-order valence-corrected chi connectivity index (χ0v) is 19.9. The largest absolute Gasteiger partial charge is 0.382 e. The maximum Gasteiger partial charge on any atom is 0.191 e. The molecule has 0 aromatic carbocycles. The highest BCUT2D eigenvalue weighted by atomic mass is 127. The van der Waals surface area contributed by atoms with E-state index in [0.717, 1.165) is 38.7 Å². The van der Waals surface area contributed by atoms with Crippen LogP contribution in [-0.4, -0.2) is 57.3 Å². The minimum absolute atomic E-state index is 0. The predicted octanol–water partition coefficient (Wildman–Crippen LogP) is 3.87. The van der Waals surface area contributed by atoms with E-state index in [1.165, 1.54) is 43.6 Å². The molecule has 1 aliphatic heterocycles. The van der Waals surface area contributed by atoms with Crippen molar-refractivity contribution in [1.82, 2.24) is 15.5 Å². The first kappa shape index (κ1) is 22.9. The van der Waals surface area contributed by atoms with Crippen LogP contribution in [0.2, 0.25) is 0 Å². The number of ether oxygens (including phenoxy) is 1. The standard InChI is InChI=1S/C20H34N4OS.HI/c1-3-25-13-10-20(8-9-20)16-23-19(21-2)22-15-17(18-7-6-14-26-18)24-11-4-5-12-24;/h6-7,14,17H,3-5,8-13,15-16H2,1-2H3,(H2,21,22,23);1H. The molecule has 0 radical (unpaired) electrons. The number of nitrogens with one attached hydrogen (secondary N) is 2. The minimum Gasteiger partial charge on any atom is -0.382 e. The lowest BCUT2D eigenvalue weighted by Crippen LogP contribution is -2.44. The molecule has 2 aliphatic rings. The molecular weight excluding hydrogens is 471 g/mol. The van der Waals surface area contributed by atoms with Gasteiger partial charge in [-0.1, -0.05) is 6.07 Å². The molecule has 0 spiro atoms. The third kappa shape index (κ3) is 6.87. The predicted molar refractivity (Wildman–Crippen MR) is 125 cm³/mol. The summed E-state index contributed by atoms with van der Waals surface area (Å²) in [5, 5.41) is 9.31. The first-order chi connectivity index (χ1) is 12.8. The number of thiophene rings is 1. The van der Waals surface area contributed by atoms with Crippen LogP contribution < -0.4 is 10.6 Å². The first-order valence-corrected chi connectivity index (χ1v) is 10.9. The lowest BCUT2D eigenvalue weighted by atomic mass is 10.0. The fourth-order valence-corrected chi connectivity index (χ4v) is 4.61. The molecule has 2 fully saturated rings. The van der Waals surface area contributed by atoms with E-state index in [0.29, 0.717) is 11.5 Å². The quantitative estimate of drug-likeness (QED) is 0.219. The summed E-state index contributed by atoms with van der Waals surface area (Å²) in [6, 6.07) is 4.87. The summed E-state index contributed by atoms with van der Waals surface area (Å²) >= 11 is 1.86. The van der Waals surface area contributed by atoms with Gasteiger partial charge in [0.1, 0.15) is 0 Å². The number of rotatable bonds is 10. The Balaban J connectivity index is 0.00000261. The van der Waals surface area contributed by atoms with E-state index in [-0.39, 0.29) is 24.0 Å². The molecule has 2 heterocycles. The first-order valence-electron chi connectivity index (χ1n) is 10.1. The Morgan fingerprint density at radius 2 is 2.11 bits per heavy atom. The van der Waals surface area contributed by atoms with Gasteiger partial charge in [-0.3, -0.25) is 9.89 Å². The van der Waals surface area contributed by atoms with Gasteiger partial charge >= 0.3 is 0 Å². The summed E-state index contributed by atoms with van der Waals surface area (Å²) in [6.07, 6.45) is 6.39. The fraction of sp³-hybridized carbons (Fsp3) is 0.750. The molecule has 7 heteroatoms. The lowest BCUT2D eigenvalue weighted by Gasteiger charge is -2.28. The highest BCUT2D eigenvalue weighted by molar-refractivity contribution is 14.0. The molecule has 154 valence electrons. The molecule has 1 aromatic heterocycles. The molecule has 3 rings (SSSR count). The topological polar surface area (TPSA) is 48.9 Å². The summed E-state index contributed by atoms with van der Waals surface area (Å²) in [6.45, 7) is 8.06. The van der Waals surface area contributed by atoms with Crippen LogP contribution >= 0.6 is 35.3 Å². The van der Waals surface area contributed by atoms with Gasteiger partial charge in [0.25, 0.3) is 0 Å². The van der Waals surface area contributed by atoms with Crippen molar-refractivity contribution < 1.29 is 4.74 Å². The van der Waals surface area contributed by atoms with Gasteiger partial charge < -0.3 is 15.4 Å². The van der Waals surface area contributed by atoms with Crippen LogP contribution in [-0.2, 0) is 4.74 Å². The normalized spacial score (nSPS) is 20.1. The lowest BCUT2D eigenvalue weighted by molar-refractivity contribution is 0.128. The van der Waals surface area contributed by atoms with Crippen LogP contribution in [0.1, 0.15) is 49.9 Å². The highest BCUT2D eigenvalue weighted by Gasteiger charge is 2.42. The van der Waals surface area contributed by atoms with E-state index >= 15 is 0 Å². The fourth-order valence-electron chi connectivity index (χ4n) is 3.75. The van der Waals surface area contributed by atoms with Gasteiger partial charge in [-0.15, -0.1) is 35.3 Å². The molecule has 1 aliphatic carbocycles. The Morgan fingerprint density at radius 1 is 1.33 bits per heavy atom. The average Bonchev–Trinajstić information content (AvgIpc) is 3.08. The van der Waals surface area contributed by atoms with Gasteiger partial charge in [-0.25, -0.2) is 0 Å². The number of likely N-dealkylation sites (tertiary alicyclic amines) is 1. The smallest absolute Gasteiger partial charge is 0.191 e. The van der Waals surface area contributed by atoms with Crippen LogP contribution in [0.15, 0.2) is 22.5 Å². The van der Waals surface area contributed by atoms with E-state index in [1.54, 1.807) is 0 Å². The molecule has 1 unspecified atom stereocenters. The molecule has 0 bridgehead atoms. The van der Waals surface area contributed by atoms with Crippen molar-refractivity contribution in [3.05, 3.63) is 22.4 Å². The zero-order chi connectivity index (χ0) is 18.2. The van der Waals surface area contributed by atoms with Crippen molar-refractivity contribution in [1.29, 1.82) is 0 Å². The summed E-state index contributed by atoms with van der Waals surface area (Å²) in [5.74, 6) is 0.924. The monoisotopic (exact) mass is 506 g/mol. The second-order valence-electron chi connectivity index (χ2n) is 7.53. The Labute approximate surface area is 185 Å². The third-order valence-electron chi connectivity index (χ3n) is 5.71. The zero-order valence-electron chi connectivity index (χ0n) is 16.7. The number of guanidine groups is 1. The summed E-state index contributed by atoms with van der Waals surface area (Å²) in [4.78, 5) is 8.50. The highest BCUT2D eigenvalue weighted by Crippen LogP contribution is 2.48. The molecule has 1 aromatic rings. The van der Waals surface area contributed by atoms with E-state index in [2.05, 4.69) is 45.0 Å². The van der Waals surface area contributed by atoms with Crippen LogP contribution in [0.4, 0.5) is 0 Å². The second kappa shape index (κ2) is 11.6. The van der Waals surface area contributed by atoms with Gasteiger partial charge in [-0.2, -0.15) is 0 Å². The maximum absolute atomic E-state index is 5.54. The number of hydrogen-bond acceptors (Lipinski definition) is 4. The van der Waals surface area contributed by atoms with Crippen LogP contribution in [0.5, 0.6) is 0 Å². The van der Waals surface area contributed by atoms with Crippen molar-refractivity contribution in [3.63, 3.8) is 0 Å². The van der Waals surface area contributed by atoms with Crippen molar-refractivity contribution in [3.8, 4) is 0 Å². The Hall–Kier alpha value is -0.380. The Bertz CT molecular complexity index is 556. The van der Waals surface area contributed by atoms with E-state index in [4.69, 9.17) is 4.74 Å². The van der Waals surface area contributed by atoms with Crippen LogP contribution in [0, 0.1) is 5.41 Å². The summed E-state index contributed by atoms with van der Waals surface area (Å²) < 4.78 is 5.54. The SMILES string of the molecule is CCOCCC1(CNC(=NC)NCC(c2cccs2)N2CCCC2)CC1.I. The molecule has 1 saturated heterocycles. The van der Waals surface area contributed by atoms with Gasteiger partial charge in [0.15, 0.2) is 5.96 Å². The summed E-state index contributed by atoms with van der Waals surface area (Å²) in [5.41, 5.74) is 0.425. The number of nitrogens with zero attached hydrogens (tertiary/aromatic N) is 2. The van der Waals surface area contributed by atoms with Crippen molar-refractivity contribution >= 4 is 41.3 Å². The minimum atomic E-state index is 0. The molecule has 27 heavy (non-hydrogen) atoms. The van der Waals surface area contributed by atoms with Crippen LogP contribution in [0.3, 0.4) is 0 Å². The number of halogens is 1. The van der Waals surface area contributed by atoms with Gasteiger partial charge in [0, 0.05) is 38.2 Å². The van der Waals surface area contributed by atoms with Crippen molar-refractivity contribution in [2.75, 3.05) is 46.4 Å². The molecule has 0 amide bonds. The molecule has 1 atom stereocenters. The van der Waals surface area contributed by atoms with E-state index < -0.39 is 0 Å².